The Labute approximate surface area is 233 Å². The van der Waals surface area contributed by atoms with E-state index >= 15 is 0 Å². The van der Waals surface area contributed by atoms with Gasteiger partial charge in [-0.25, -0.2) is 9.37 Å². The molecule has 39 heavy (non-hydrogen) atoms. The summed E-state index contributed by atoms with van der Waals surface area (Å²) in [6.07, 6.45) is 4.86. The molecule has 1 aromatic carbocycles. The first-order valence-corrected chi connectivity index (χ1v) is 13.7. The molecule has 11 heteroatoms. The normalized spacial score (nSPS) is 17.2. The first kappa shape index (κ1) is 25.3. The monoisotopic (exact) mass is 561 g/mol. The van der Waals surface area contributed by atoms with Crippen molar-refractivity contribution in [3.8, 4) is 0 Å². The zero-order valence-corrected chi connectivity index (χ0v) is 22.7. The molecule has 0 N–H and O–H groups in total. The highest BCUT2D eigenvalue weighted by atomic mass is 32.2. The predicted octanol–water partition coefficient (Wildman–Crippen LogP) is 4.46. The van der Waals surface area contributed by atoms with E-state index in [9.17, 15) is 14.0 Å². The molecule has 0 bridgehead atoms. The van der Waals surface area contributed by atoms with Crippen LogP contribution in [0.3, 0.4) is 0 Å². The van der Waals surface area contributed by atoms with Crippen molar-refractivity contribution in [3.05, 3.63) is 99.0 Å². The van der Waals surface area contributed by atoms with E-state index in [1.54, 1.807) is 48.9 Å². The number of fused-ring (bicyclic) bond motifs is 1. The number of hydrogen-bond donors (Lipinski definition) is 0. The zero-order valence-electron chi connectivity index (χ0n) is 21.0. The number of benzene rings is 1. The van der Waals surface area contributed by atoms with Crippen LogP contribution in [0.1, 0.15) is 16.9 Å². The van der Waals surface area contributed by atoms with Crippen molar-refractivity contribution >= 4 is 57.4 Å². The standard InChI is InChI=1S/C28H24FN5O3S2/c1-18-4-2-10-33-24(18)30-25(32-13-11-31(12-14-32)20-8-6-19(29)7-9-20)22(26(33)35)16-23-27(36)34(28(38)39-23)17-21-5-3-15-37-21/h2-10,15-16H,11-14,17H2,1H3/b23-16-. The van der Waals surface area contributed by atoms with Crippen LogP contribution in [0.4, 0.5) is 15.9 Å². The van der Waals surface area contributed by atoms with Crippen molar-refractivity contribution in [2.75, 3.05) is 36.0 Å². The summed E-state index contributed by atoms with van der Waals surface area (Å²) in [5.41, 5.74) is 2.47. The van der Waals surface area contributed by atoms with E-state index < -0.39 is 0 Å². The summed E-state index contributed by atoms with van der Waals surface area (Å²) >= 11 is 6.65. The lowest BCUT2D eigenvalue weighted by Crippen LogP contribution is -2.47. The lowest BCUT2D eigenvalue weighted by atomic mass is 10.2. The van der Waals surface area contributed by atoms with Gasteiger partial charge in [0.2, 0.25) is 0 Å². The molecule has 2 aliphatic rings. The number of nitrogens with zero attached hydrogens (tertiary/aromatic N) is 5. The van der Waals surface area contributed by atoms with Crippen molar-refractivity contribution in [3.63, 3.8) is 0 Å². The molecule has 0 aliphatic carbocycles. The van der Waals surface area contributed by atoms with Gasteiger partial charge >= 0.3 is 0 Å². The minimum atomic E-state index is -0.276. The van der Waals surface area contributed by atoms with Crippen LogP contribution >= 0.6 is 24.0 Å². The van der Waals surface area contributed by atoms with E-state index in [0.29, 0.717) is 58.2 Å². The maximum atomic E-state index is 13.8. The fourth-order valence-electron chi connectivity index (χ4n) is 4.82. The second-order valence-corrected chi connectivity index (χ2v) is 11.0. The van der Waals surface area contributed by atoms with Gasteiger partial charge in [-0.1, -0.05) is 30.0 Å². The molecule has 0 unspecified atom stereocenters. The van der Waals surface area contributed by atoms with Gasteiger partial charge in [0.05, 0.1) is 23.3 Å². The lowest BCUT2D eigenvalue weighted by Gasteiger charge is -2.37. The van der Waals surface area contributed by atoms with Crippen molar-refractivity contribution in [1.29, 1.82) is 0 Å². The molecule has 0 atom stereocenters. The minimum Gasteiger partial charge on any atom is -0.467 e. The van der Waals surface area contributed by atoms with Crippen LogP contribution in [0.5, 0.6) is 0 Å². The number of halogens is 1. The molecule has 5 heterocycles. The number of amides is 1. The van der Waals surface area contributed by atoms with Crippen LogP contribution in [0, 0.1) is 12.7 Å². The average molecular weight is 562 g/mol. The van der Waals surface area contributed by atoms with E-state index in [4.69, 9.17) is 21.6 Å². The van der Waals surface area contributed by atoms with Gasteiger partial charge in [-0.3, -0.25) is 18.9 Å². The summed E-state index contributed by atoms with van der Waals surface area (Å²) in [4.78, 5) is 38.1. The number of hydrogen-bond acceptors (Lipinski definition) is 8. The molecule has 2 fully saturated rings. The molecule has 1 amide bonds. The average Bonchev–Trinajstić information content (AvgIpc) is 3.55. The predicted molar refractivity (Wildman–Crippen MR) is 154 cm³/mol. The topological polar surface area (TPSA) is 74.3 Å². The highest BCUT2D eigenvalue weighted by Gasteiger charge is 2.34. The van der Waals surface area contributed by atoms with Crippen molar-refractivity contribution < 1.29 is 13.6 Å². The number of pyridine rings is 1. The largest absolute Gasteiger partial charge is 0.467 e. The molecule has 3 aromatic heterocycles. The third-order valence-electron chi connectivity index (χ3n) is 6.88. The minimum absolute atomic E-state index is 0.224. The molecule has 4 aromatic rings. The Morgan fingerprint density at radius 3 is 2.51 bits per heavy atom. The number of thiocarbonyl (C=S) groups is 1. The smallest absolute Gasteiger partial charge is 0.267 e. The van der Waals surface area contributed by atoms with Gasteiger partial charge in [-0.2, -0.15) is 0 Å². The molecule has 6 rings (SSSR count). The first-order chi connectivity index (χ1) is 18.9. The van der Waals surface area contributed by atoms with Gasteiger partial charge in [-0.05, 0) is 61.0 Å². The number of aryl methyl sites for hydroxylation is 1. The SMILES string of the molecule is Cc1cccn2c(=O)c(/C=C3\SC(=S)N(Cc4ccco4)C3=O)c(N3CCN(c4ccc(F)cc4)CC3)nc12. The van der Waals surface area contributed by atoms with Gasteiger partial charge in [0.25, 0.3) is 11.5 Å². The number of piperazine rings is 1. The Morgan fingerprint density at radius 2 is 1.79 bits per heavy atom. The number of aromatic nitrogens is 2. The van der Waals surface area contributed by atoms with E-state index in [2.05, 4.69) is 9.80 Å². The summed E-state index contributed by atoms with van der Waals surface area (Å²) in [7, 11) is 0. The maximum Gasteiger partial charge on any atom is 0.267 e. The van der Waals surface area contributed by atoms with Gasteiger partial charge in [0, 0.05) is 38.1 Å². The van der Waals surface area contributed by atoms with Crippen LogP contribution in [-0.4, -0.2) is 50.7 Å². The molecular formula is C28H24FN5O3S2. The second-order valence-electron chi connectivity index (χ2n) is 9.34. The summed E-state index contributed by atoms with van der Waals surface area (Å²) in [6, 6.07) is 13.7. The first-order valence-electron chi connectivity index (χ1n) is 12.4. The molecule has 0 radical (unpaired) electrons. The highest BCUT2D eigenvalue weighted by Crippen LogP contribution is 2.35. The number of carbonyl (C=O) groups excluding carboxylic acids is 1. The van der Waals surface area contributed by atoms with E-state index in [0.717, 1.165) is 23.0 Å². The molecule has 8 nitrogen and oxygen atoms in total. The van der Waals surface area contributed by atoms with Crippen LogP contribution < -0.4 is 15.4 Å². The number of furan rings is 1. The molecule has 0 spiro atoms. The van der Waals surface area contributed by atoms with Crippen LogP contribution in [0.15, 0.2) is 75.1 Å². The molecular weight excluding hydrogens is 537 g/mol. The summed E-state index contributed by atoms with van der Waals surface area (Å²) in [5, 5.41) is 0. The van der Waals surface area contributed by atoms with E-state index in [1.165, 1.54) is 21.4 Å². The highest BCUT2D eigenvalue weighted by molar-refractivity contribution is 8.26. The fourth-order valence-corrected chi connectivity index (χ4v) is 6.06. The zero-order chi connectivity index (χ0) is 27.1. The number of rotatable bonds is 5. The molecule has 2 saturated heterocycles. The van der Waals surface area contributed by atoms with Crippen molar-refractivity contribution in [1.82, 2.24) is 14.3 Å². The van der Waals surface area contributed by atoms with Gasteiger partial charge in [0.1, 0.15) is 27.4 Å². The number of anilines is 2. The fraction of sp³-hybridized carbons (Fsp3) is 0.214. The summed E-state index contributed by atoms with van der Waals surface area (Å²) in [6.45, 7) is 4.69. The Morgan fingerprint density at radius 1 is 1.05 bits per heavy atom. The summed E-state index contributed by atoms with van der Waals surface area (Å²) < 4.78 is 20.7. The van der Waals surface area contributed by atoms with E-state index in [1.807, 2.05) is 13.0 Å². The van der Waals surface area contributed by atoms with Crippen LogP contribution in [0.25, 0.3) is 11.7 Å². The number of thioether (sulfide) groups is 1. The van der Waals surface area contributed by atoms with Gasteiger partial charge in [-0.15, -0.1) is 0 Å². The third-order valence-corrected chi connectivity index (χ3v) is 8.26. The quantitative estimate of drug-likeness (QED) is 0.261. The second kappa shape index (κ2) is 10.3. The molecule has 0 saturated carbocycles. The number of carbonyl (C=O) groups is 1. The van der Waals surface area contributed by atoms with Crippen LogP contribution in [-0.2, 0) is 11.3 Å². The third kappa shape index (κ3) is 4.83. The lowest BCUT2D eigenvalue weighted by molar-refractivity contribution is -0.122. The Kier molecular flexibility index (Phi) is 6.69. The van der Waals surface area contributed by atoms with Gasteiger partial charge in [0.15, 0.2) is 0 Å². The Balaban J connectivity index is 1.36. The van der Waals surface area contributed by atoms with Crippen LogP contribution in [0.2, 0.25) is 0 Å². The van der Waals surface area contributed by atoms with Gasteiger partial charge < -0.3 is 14.2 Å². The Hall–Kier alpha value is -3.96. The maximum absolute atomic E-state index is 13.8. The molecule has 2 aliphatic heterocycles. The molecule has 198 valence electrons. The summed E-state index contributed by atoms with van der Waals surface area (Å²) in [5.74, 6) is 0.606. The van der Waals surface area contributed by atoms with Crippen molar-refractivity contribution in [2.24, 2.45) is 0 Å². The van der Waals surface area contributed by atoms with E-state index in [-0.39, 0.29) is 23.8 Å². The Bertz CT molecular complexity index is 1660. The van der Waals surface area contributed by atoms with Crippen molar-refractivity contribution in [2.45, 2.75) is 13.5 Å².